The Morgan fingerprint density at radius 1 is 1.05 bits per heavy atom. The molecule has 0 bridgehead atoms. The first-order valence-electron chi connectivity index (χ1n) is 6.37. The maximum Gasteiger partial charge on any atom is 0.124 e. The van der Waals surface area contributed by atoms with E-state index in [0.717, 1.165) is 26.5 Å². The lowest BCUT2D eigenvalue weighted by Crippen LogP contribution is -2.13. The average Bonchev–Trinajstić information content (AvgIpc) is 2.39. The third-order valence-electron chi connectivity index (χ3n) is 3.17. The topological polar surface area (TPSA) is 20.2 Å². The lowest BCUT2D eigenvalue weighted by atomic mass is 9.93. The molecule has 0 aromatic heterocycles. The highest BCUT2D eigenvalue weighted by Gasteiger charge is 2.12. The van der Waals surface area contributed by atoms with Crippen molar-refractivity contribution in [2.24, 2.45) is 5.92 Å². The summed E-state index contributed by atoms with van der Waals surface area (Å²) >= 11 is 6.81. The van der Waals surface area contributed by atoms with E-state index in [1.165, 1.54) is 12.1 Å². The molecule has 4 heteroatoms. The number of hydrogen-bond donors (Lipinski definition) is 1. The fraction of sp³-hybridized carbons (Fsp3) is 0.250. The van der Waals surface area contributed by atoms with Gasteiger partial charge in [-0.25, -0.2) is 4.39 Å². The van der Waals surface area contributed by atoms with E-state index in [0.29, 0.717) is 6.42 Å². The molecule has 0 aliphatic carbocycles. The first-order chi connectivity index (χ1) is 9.58. The van der Waals surface area contributed by atoms with Gasteiger partial charge in [0.15, 0.2) is 0 Å². The minimum atomic E-state index is -0.257. The number of aliphatic hydroxyl groups excluding tert-OH is 1. The zero-order valence-corrected chi connectivity index (χ0v) is 14.0. The second kappa shape index (κ2) is 7.34. The van der Waals surface area contributed by atoms with Crippen LogP contribution in [0.25, 0.3) is 0 Å². The highest BCUT2D eigenvalue weighted by molar-refractivity contribution is 9.10. The van der Waals surface area contributed by atoms with Gasteiger partial charge in [0, 0.05) is 15.6 Å². The smallest absolute Gasteiger partial charge is 0.124 e. The van der Waals surface area contributed by atoms with Gasteiger partial charge in [-0.3, -0.25) is 0 Å². The van der Waals surface area contributed by atoms with E-state index in [9.17, 15) is 9.50 Å². The Morgan fingerprint density at radius 3 is 2.45 bits per heavy atom. The summed E-state index contributed by atoms with van der Waals surface area (Å²) in [4.78, 5) is 0. The normalized spacial score (nSPS) is 12.4. The van der Waals surface area contributed by atoms with Gasteiger partial charge in [-0.2, -0.15) is 0 Å². The maximum atomic E-state index is 13.4. The predicted octanol–water partition coefficient (Wildman–Crippen LogP) is 4.74. The molecule has 1 N–H and O–H groups in total. The average molecular weight is 402 g/mol. The molecule has 0 spiro atoms. The van der Waals surface area contributed by atoms with Crippen molar-refractivity contribution in [3.63, 3.8) is 0 Å². The highest BCUT2D eigenvalue weighted by Crippen LogP contribution is 2.23. The standard InChI is InChI=1S/C16H15Br2FO/c17-14-7-11(8-15(19)9-14)5-12(10-20)6-13-3-1-2-4-16(13)18/h1-4,7-9,12,20H,5-6,10H2. The Morgan fingerprint density at radius 2 is 1.80 bits per heavy atom. The molecule has 106 valence electrons. The lowest BCUT2D eigenvalue weighted by Gasteiger charge is -2.15. The van der Waals surface area contributed by atoms with Crippen LogP contribution in [-0.4, -0.2) is 11.7 Å². The SMILES string of the molecule is OCC(Cc1cc(F)cc(Br)c1)Cc1ccccc1Br. The van der Waals surface area contributed by atoms with Gasteiger partial charge < -0.3 is 5.11 Å². The largest absolute Gasteiger partial charge is 0.396 e. The summed E-state index contributed by atoms with van der Waals surface area (Å²) in [6, 6.07) is 12.8. The summed E-state index contributed by atoms with van der Waals surface area (Å²) in [6.07, 6.45) is 1.40. The Hall–Kier alpha value is -0.710. The van der Waals surface area contributed by atoms with Gasteiger partial charge >= 0.3 is 0 Å². The summed E-state index contributed by atoms with van der Waals surface area (Å²) in [6.45, 7) is 0.0788. The Kier molecular flexibility index (Phi) is 5.75. The minimum Gasteiger partial charge on any atom is -0.396 e. The van der Waals surface area contributed by atoms with Crippen LogP contribution in [0.4, 0.5) is 4.39 Å². The van der Waals surface area contributed by atoms with E-state index in [-0.39, 0.29) is 18.3 Å². The molecule has 2 aromatic carbocycles. The van der Waals surface area contributed by atoms with Crippen LogP contribution in [0.15, 0.2) is 51.4 Å². The van der Waals surface area contributed by atoms with Gasteiger partial charge in [0.2, 0.25) is 0 Å². The highest BCUT2D eigenvalue weighted by atomic mass is 79.9. The molecular weight excluding hydrogens is 387 g/mol. The summed E-state index contributed by atoms with van der Waals surface area (Å²) in [5.41, 5.74) is 2.05. The number of hydrogen-bond acceptors (Lipinski definition) is 1. The summed E-state index contributed by atoms with van der Waals surface area (Å²) in [5, 5.41) is 9.56. The lowest BCUT2D eigenvalue weighted by molar-refractivity contribution is 0.224. The number of halogens is 3. The van der Waals surface area contributed by atoms with Gasteiger partial charge in [-0.1, -0.05) is 50.1 Å². The molecule has 0 saturated carbocycles. The second-order valence-electron chi connectivity index (χ2n) is 4.83. The third-order valence-corrected chi connectivity index (χ3v) is 4.40. The van der Waals surface area contributed by atoms with Crippen LogP contribution in [0.2, 0.25) is 0 Å². The molecule has 20 heavy (non-hydrogen) atoms. The molecule has 0 amide bonds. The zero-order valence-electron chi connectivity index (χ0n) is 10.8. The van der Waals surface area contributed by atoms with E-state index >= 15 is 0 Å². The van der Waals surface area contributed by atoms with Crippen molar-refractivity contribution in [1.29, 1.82) is 0 Å². The Labute approximate surface area is 135 Å². The van der Waals surface area contributed by atoms with Gasteiger partial charge in [0.05, 0.1) is 0 Å². The van der Waals surface area contributed by atoms with Gasteiger partial charge in [0.1, 0.15) is 5.82 Å². The molecule has 0 radical (unpaired) electrons. The van der Waals surface area contributed by atoms with Crippen LogP contribution in [0.1, 0.15) is 11.1 Å². The van der Waals surface area contributed by atoms with E-state index in [1.54, 1.807) is 0 Å². The summed E-state index contributed by atoms with van der Waals surface area (Å²) in [7, 11) is 0. The van der Waals surface area contributed by atoms with Crippen molar-refractivity contribution in [3.05, 3.63) is 68.4 Å². The van der Waals surface area contributed by atoms with Crippen LogP contribution in [0, 0.1) is 11.7 Å². The maximum absolute atomic E-state index is 13.4. The molecule has 0 aliphatic heterocycles. The molecule has 2 aromatic rings. The van der Waals surface area contributed by atoms with Crippen molar-refractivity contribution < 1.29 is 9.50 Å². The molecule has 0 saturated heterocycles. The molecular formula is C16H15Br2FO. The molecule has 0 fully saturated rings. The van der Waals surface area contributed by atoms with E-state index < -0.39 is 0 Å². The van der Waals surface area contributed by atoms with Gasteiger partial charge in [0.25, 0.3) is 0 Å². The summed E-state index contributed by atoms with van der Waals surface area (Å²) < 4.78 is 15.1. The molecule has 2 rings (SSSR count). The zero-order chi connectivity index (χ0) is 14.5. The van der Waals surface area contributed by atoms with Crippen molar-refractivity contribution in [2.45, 2.75) is 12.8 Å². The van der Waals surface area contributed by atoms with E-state index in [1.807, 2.05) is 30.3 Å². The van der Waals surface area contributed by atoms with Crippen molar-refractivity contribution in [3.8, 4) is 0 Å². The third kappa shape index (κ3) is 4.40. The molecule has 0 aliphatic rings. The van der Waals surface area contributed by atoms with Crippen LogP contribution in [0.3, 0.4) is 0 Å². The van der Waals surface area contributed by atoms with Crippen LogP contribution < -0.4 is 0 Å². The van der Waals surface area contributed by atoms with Crippen molar-refractivity contribution >= 4 is 31.9 Å². The first-order valence-corrected chi connectivity index (χ1v) is 7.96. The number of aliphatic hydroxyl groups is 1. The van der Waals surface area contributed by atoms with Crippen molar-refractivity contribution in [1.82, 2.24) is 0 Å². The number of rotatable bonds is 5. The Bertz CT molecular complexity index is 566. The summed E-state index contributed by atoms with van der Waals surface area (Å²) in [5.74, 6) is -0.186. The first kappa shape index (κ1) is 15.7. The van der Waals surface area contributed by atoms with Crippen molar-refractivity contribution in [2.75, 3.05) is 6.61 Å². The minimum absolute atomic E-state index is 0.0717. The van der Waals surface area contributed by atoms with E-state index in [2.05, 4.69) is 31.9 Å². The van der Waals surface area contributed by atoms with Crippen LogP contribution in [-0.2, 0) is 12.8 Å². The Balaban J connectivity index is 2.11. The fourth-order valence-corrected chi connectivity index (χ4v) is 3.20. The van der Waals surface area contributed by atoms with Gasteiger partial charge in [-0.05, 0) is 54.2 Å². The monoisotopic (exact) mass is 400 g/mol. The molecule has 1 unspecified atom stereocenters. The van der Waals surface area contributed by atoms with E-state index in [4.69, 9.17) is 0 Å². The van der Waals surface area contributed by atoms with Crippen LogP contribution in [0.5, 0.6) is 0 Å². The quantitative estimate of drug-likeness (QED) is 0.766. The fourth-order valence-electron chi connectivity index (χ4n) is 2.24. The molecule has 0 heterocycles. The predicted molar refractivity (Wildman–Crippen MR) is 86.2 cm³/mol. The van der Waals surface area contributed by atoms with Gasteiger partial charge in [-0.15, -0.1) is 0 Å². The molecule has 1 atom stereocenters. The molecule has 1 nitrogen and oxygen atoms in total. The number of benzene rings is 2. The second-order valence-corrected chi connectivity index (χ2v) is 6.60. The van der Waals surface area contributed by atoms with Crippen LogP contribution >= 0.6 is 31.9 Å².